The van der Waals surface area contributed by atoms with E-state index in [1.54, 1.807) is 11.4 Å². The lowest BCUT2D eigenvalue weighted by atomic mass is 9.81. The number of hydrogen-bond donors (Lipinski definition) is 3. The second-order valence-corrected chi connectivity index (χ2v) is 3.88. The number of furan rings is 1. The van der Waals surface area contributed by atoms with Gasteiger partial charge < -0.3 is 24.1 Å². The summed E-state index contributed by atoms with van der Waals surface area (Å²) in [5.74, 6) is 0.0294. The molecule has 2 aromatic rings. The molecule has 2 rings (SSSR count). The predicted molar refractivity (Wildman–Crippen MR) is 61.1 cm³/mol. The molecule has 82 valence electrons. The quantitative estimate of drug-likeness (QED) is 0.582. The summed E-state index contributed by atoms with van der Waals surface area (Å²) in [6.45, 7) is 0. The Balaban J connectivity index is 2.03. The highest BCUT2D eigenvalue weighted by molar-refractivity contribution is 7.09. The van der Waals surface area contributed by atoms with Crippen LogP contribution in [-0.2, 0) is 0 Å². The van der Waals surface area contributed by atoms with Gasteiger partial charge in [0.05, 0.1) is 6.26 Å². The van der Waals surface area contributed by atoms with Crippen LogP contribution in [0.3, 0.4) is 0 Å². The van der Waals surface area contributed by atoms with Crippen LogP contribution >= 0.6 is 11.3 Å². The van der Waals surface area contributed by atoms with Gasteiger partial charge in [0.2, 0.25) is 0 Å². The molecule has 0 saturated carbocycles. The third-order valence-corrected chi connectivity index (χ3v) is 2.65. The summed E-state index contributed by atoms with van der Waals surface area (Å²) < 4.78 is 9.96. The lowest BCUT2D eigenvalue weighted by Gasteiger charge is -2.03. The van der Waals surface area contributed by atoms with Gasteiger partial charge in [-0.05, 0) is 10.8 Å². The van der Waals surface area contributed by atoms with Gasteiger partial charge in [0.25, 0.3) is 5.95 Å². The summed E-state index contributed by atoms with van der Waals surface area (Å²) in [5.41, 5.74) is 0.792. The van der Waals surface area contributed by atoms with Crippen molar-refractivity contribution in [2.75, 3.05) is 0 Å². The molecule has 0 saturated heterocycles. The van der Waals surface area contributed by atoms with Crippen LogP contribution in [0.25, 0.3) is 0 Å². The molecular formula is C8H8B2O5S. The second-order valence-electron chi connectivity index (χ2n) is 3.10. The van der Waals surface area contributed by atoms with Gasteiger partial charge in [-0.25, -0.2) is 0 Å². The maximum absolute atomic E-state index is 9.61. The van der Waals surface area contributed by atoms with Crippen LogP contribution in [0.1, 0.15) is 0 Å². The molecule has 16 heavy (non-hydrogen) atoms. The van der Waals surface area contributed by atoms with Gasteiger partial charge in [0, 0.05) is 17.0 Å². The highest BCUT2D eigenvalue weighted by Gasteiger charge is 2.22. The molecule has 2 aromatic heterocycles. The lowest BCUT2D eigenvalue weighted by molar-refractivity contribution is 0.346. The molecule has 0 aromatic carbocycles. The first-order valence-electron chi connectivity index (χ1n) is 4.48. The molecule has 0 spiro atoms. The van der Waals surface area contributed by atoms with Crippen LogP contribution in [0.15, 0.2) is 33.6 Å². The molecule has 8 heteroatoms. The Hall–Kier alpha value is -1.21. The van der Waals surface area contributed by atoms with E-state index in [2.05, 4.69) is 0 Å². The summed E-state index contributed by atoms with van der Waals surface area (Å²) >= 11 is 1.44. The number of rotatable bonds is 4. The van der Waals surface area contributed by atoms with Gasteiger partial charge in [-0.2, -0.15) is 11.3 Å². The summed E-state index contributed by atoms with van der Waals surface area (Å²) in [6.07, 6.45) is 1.15. The van der Waals surface area contributed by atoms with E-state index in [1.165, 1.54) is 17.4 Å². The molecule has 0 fully saturated rings. The van der Waals surface area contributed by atoms with E-state index in [9.17, 15) is 5.02 Å². The van der Waals surface area contributed by atoms with Crippen LogP contribution in [0.5, 0.6) is 5.95 Å². The Morgan fingerprint density at radius 1 is 1.25 bits per heavy atom. The van der Waals surface area contributed by atoms with Gasteiger partial charge in [-0.1, -0.05) is 6.07 Å². The summed E-state index contributed by atoms with van der Waals surface area (Å²) in [4.78, 5) is 0. The van der Waals surface area contributed by atoms with Crippen LogP contribution in [0, 0.1) is 0 Å². The van der Waals surface area contributed by atoms with Crippen LogP contribution in [-0.4, -0.2) is 29.3 Å². The summed E-state index contributed by atoms with van der Waals surface area (Å²) in [5, 5.41) is 30.8. The first-order valence-corrected chi connectivity index (χ1v) is 5.42. The molecule has 3 N–H and O–H groups in total. The first-order chi connectivity index (χ1) is 7.66. The standard InChI is InChI=1S/C8H8B2O5S/c11-9(12)7-3-8(14-4-7)15-10(13)6-1-2-16-5-6/h1-5,11-13H. The van der Waals surface area contributed by atoms with Crippen LogP contribution in [0.4, 0.5) is 0 Å². The topological polar surface area (TPSA) is 83.1 Å². The average Bonchev–Trinajstić information content (AvgIpc) is 2.87. The molecular weight excluding hydrogens is 230 g/mol. The van der Waals surface area contributed by atoms with Crippen molar-refractivity contribution in [2.45, 2.75) is 0 Å². The zero-order valence-electron chi connectivity index (χ0n) is 8.11. The van der Waals surface area contributed by atoms with Crippen molar-refractivity contribution in [2.24, 2.45) is 0 Å². The summed E-state index contributed by atoms with van der Waals surface area (Å²) in [6, 6.07) is 3.03. The van der Waals surface area contributed by atoms with Crippen LogP contribution < -0.4 is 15.6 Å². The molecule has 0 amide bonds. The lowest BCUT2D eigenvalue weighted by Crippen LogP contribution is -2.35. The van der Waals surface area contributed by atoms with Crippen molar-refractivity contribution in [3.8, 4) is 5.95 Å². The molecule has 2 heterocycles. The van der Waals surface area contributed by atoms with E-state index in [4.69, 9.17) is 19.1 Å². The Kier molecular flexibility index (Phi) is 3.35. The minimum absolute atomic E-state index is 0.0294. The van der Waals surface area contributed by atoms with Crippen molar-refractivity contribution in [1.29, 1.82) is 0 Å². The zero-order chi connectivity index (χ0) is 11.5. The Labute approximate surface area is 96.2 Å². The van der Waals surface area contributed by atoms with Crippen molar-refractivity contribution in [3.63, 3.8) is 0 Å². The van der Waals surface area contributed by atoms with E-state index >= 15 is 0 Å². The molecule has 0 aliphatic carbocycles. The molecule has 0 atom stereocenters. The van der Waals surface area contributed by atoms with Crippen molar-refractivity contribution in [1.82, 2.24) is 0 Å². The average molecular weight is 238 g/mol. The highest BCUT2D eigenvalue weighted by atomic mass is 32.1. The molecule has 0 bridgehead atoms. The highest BCUT2D eigenvalue weighted by Crippen LogP contribution is 2.10. The monoisotopic (exact) mass is 238 g/mol. The minimum atomic E-state index is -1.61. The molecule has 0 aliphatic rings. The normalized spacial score (nSPS) is 10.2. The number of thiophene rings is 1. The Bertz CT molecular complexity index is 441. The van der Waals surface area contributed by atoms with Crippen LogP contribution in [0.2, 0.25) is 0 Å². The largest absolute Gasteiger partial charge is 0.562 e. The molecule has 0 aliphatic heterocycles. The zero-order valence-corrected chi connectivity index (χ0v) is 8.92. The fourth-order valence-corrected chi connectivity index (χ4v) is 1.79. The molecule has 0 radical (unpaired) electrons. The van der Waals surface area contributed by atoms with Gasteiger partial charge in [0.15, 0.2) is 0 Å². The van der Waals surface area contributed by atoms with Crippen molar-refractivity contribution >= 4 is 36.5 Å². The molecule has 5 nitrogen and oxygen atoms in total. The van der Waals surface area contributed by atoms with E-state index in [1.807, 2.05) is 5.38 Å². The van der Waals surface area contributed by atoms with E-state index in [0.717, 1.165) is 6.26 Å². The SMILES string of the molecule is OB(O)c1coc(OB(O)c2ccsc2)c1. The maximum Gasteiger partial charge on any atom is 0.562 e. The van der Waals surface area contributed by atoms with E-state index in [0.29, 0.717) is 5.46 Å². The minimum Gasteiger partial charge on any atom is -0.505 e. The second kappa shape index (κ2) is 4.75. The maximum atomic E-state index is 9.61. The fraction of sp³-hybridized carbons (Fsp3) is 0. The predicted octanol–water partition coefficient (Wildman–Crippen LogP) is -1.21. The summed E-state index contributed by atoms with van der Waals surface area (Å²) in [7, 11) is -2.74. The first kappa shape index (κ1) is 11.3. The van der Waals surface area contributed by atoms with Gasteiger partial charge in [-0.15, -0.1) is 0 Å². The fourth-order valence-electron chi connectivity index (χ4n) is 1.12. The third kappa shape index (κ3) is 2.48. The van der Waals surface area contributed by atoms with Gasteiger partial charge >= 0.3 is 14.2 Å². The Morgan fingerprint density at radius 2 is 2.06 bits per heavy atom. The van der Waals surface area contributed by atoms with E-state index < -0.39 is 14.2 Å². The Morgan fingerprint density at radius 3 is 2.62 bits per heavy atom. The smallest absolute Gasteiger partial charge is 0.505 e. The van der Waals surface area contributed by atoms with Crippen molar-refractivity contribution in [3.05, 3.63) is 29.2 Å². The third-order valence-electron chi connectivity index (χ3n) is 1.95. The van der Waals surface area contributed by atoms with Gasteiger partial charge in [0.1, 0.15) is 0 Å². The number of hydrogen-bond acceptors (Lipinski definition) is 6. The van der Waals surface area contributed by atoms with Gasteiger partial charge in [-0.3, -0.25) is 0 Å². The molecule has 0 unspecified atom stereocenters. The van der Waals surface area contributed by atoms with Crippen molar-refractivity contribution < 1.29 is 24.1 Å². The van der Waals surface area contributed by atoms with E-state index in [-0.39, 0.29) is 11.4 Å².